The normalized spacial score (nSPS) is 11.2. The van der Waals surface area contributed by atoms with Gasteiger partial charge in [-0.15, -0.1) is 0 Å². The fraction of sp³-hybridized carbons (Fsp3) is 0.462. The highest BCUT2D eigenvalue weighted by Gasteiger charge is 2.30. The number of carbonyl (C=O) groups is 1. The zero-order chi connectivity index (χ0) is 13.9. The van der Waals surface area contributed by atoms with Gasteiger partial charge in [0.25, 0.3) is 0 Å². The molecule has 100 valence electrons. The Balaban J connectivity index is 2.88. The van der Waals surface area contributed by atoms with Gasteiger partial charge >= 0.3 is 5.97 Å². The van der Waals surface area contributed by atoms with E-state index in [-0.39, 0.29) is 5.97 Å². The average molecular weight is 315 g/mol. The molecule has 4 nitrogen and oxygen atoms in total. The molecule has 0 aliphatic rings. The second-order valence-electron chi connectivity index (χ2n) is 4.93. The minimum Gasteiger partial charge on any atom is -0.469 e. The van der Waals surface area contributed by atoms with Crippen LogP contribution in [0.4, 0.5) is 11.4 Å². The molecule has 0 atom stereocenters. The van der Waals surface area contributed by atoms with Crippen LogP contribution in [-0.2, 0) is 9.53 Å². The number of esters is 1. The molecule has 1 aromatic carbocycles. The van der Waals surface area contributed by atoms with Crippen LogP contribution >= 0.6 is 15.9 Å². The third-order valence-electron chi connectivity index (χ3n) is 2.77. The Labute approximate surface area is 116 Å². The molecule has 0 fully saturated rings. The Bertz CT molecular complexity index is 447. The Hall–Kier alpha value is -1.23. The molecule has 0 aromatic heterocycles. The van der Waals surface area contributed by atoms with E-state index in [9.17, 15) is 4.79 Å². The summed E-state index contributed by atoms with van der Waals surface area (Å²) in [6, 6.07) is 5.69. The summed E-state index contributed by atoms with van der Waals surface area (Å²) in [7, 11) is 3.31. The molecule has 0 spiro atoms. The van der Waals surface area contributed by atoms with E-state index in [0.717, 1.165) is 10.2 Å². The van der Waals surface area contributed by atoms with Crippen LogP contribution in [0.25, 0.3) is 0 Å². The Morgan fingerprint density at radius 1 is 1.50 bits per heavy atom. The van der Waals surface area contributed by atoms with Crippen molar-refractivity contribution in [3.05, 3.63) is 22.7 Å². The highest BCUT2D eigenvalue weighted by molar-refractivity contribution is 9.10. The summed E-state index contributed by atoms with van der Waals surface area (Å²) in [5, 5.41) is 0. The number of nitrogens with two attached hydrogens (primary N) is 1. The van der Waals surface area contributed by atoms with E-state index in [0.29, 0.717) is 12.2 Å². The minimum absolute atomic E-state index is 0.231. The molecule has 1 aromatic rings. The van der Waals surface area contributed by atoms with Gasteiger partial charge in [-0.25, -0.2) is 0 Å². The number of rotatable bonds is 4. The maximum Gasteiger partial charge on any atom is 0.313 e. The fourth-order valence-electron chi connectivity index (χ4n) is 1.89. The molecule has 18 heavy (non-hydrogen) atoms. The van der Waals surface area contributed by atoms with Gasteiger partial charge in [-0.05, 0) is 32.0 Å². The topological polar surface area (TPSA) is 55.6 Å². The maximum absolute atomic E-state index is 11.7. The molecular formula is C13H19BrN2O2. The first kappa shape index (κ1) is 14.8. The Morgan fingerprint density at radius 3 is 2.61 bits per heavy atom. The largest absolute Gasteiger partial charge is 0.469 e. The van der Waals surface area contributed by atoms with Crippen molar-refractivity contribution < 1.29 is 9.53 Å². The van der Waals surface area contributed by atoms with Crippen LogP contribution in [0.2, 0.25) is 0 Å². The summed E-state index contributed by atoms with van der Waals surface area (Å²) >= 11 is 3.37. The molecule has 0 saturated carbocycles. The predicted molar refractivity (Wildman–Crippen MR) is 77.6 cm³/mol. The van der Waals surface area contributed by atoms with Crippen LogP contribution in [-0.4, -0.2) is 26.7 Å². The highest BCUT2D eigenvalue weighted by atomic mass is 79.9. The number of halogens is 1. The quantitative estimate of drug-likeness (QED) is 0.685. The summed E-state index contributed by atoms with van der Waals surface area (Å²) in [5.41, 5.74) is 6.95. The van der Waals surface area contributed by atoms with E-state index in [1.807, 2.05) is 44.0 Å². The van der Waals surface area contributed by atoms with Gasteiger partial charge in [0.2, 0.25) is 0 Å². The van der Waals surface area contributed by atoms with Gasteiger partial charge in [-0.1, -0.05) is 15.9 Å². The molecular weight excluding hydrogens is 296 g/mol. The van der Waals surface area contributed by atoms with E-state index in [4.69, 9.17) is 10.5 Å². The summed E-state index contributed by atoms with van der Waals surface area (Å²) in [5.74, 6) is -0.231. The van der Waals surface area contributed by atoms with Gasteiger partial charge in [0.05, 0.1) is 23.9 Å². The van der Waals surface area contributed by atoms with Crippen LogP contribution in [0.3, 0.4) is 0 Å². The first-order chi connectivity index (χ1) is 8.27. The van der Waals surface area contributed by atoms with Crippen LogP contribution in [0.1, 0.15) is 13.8 Å². The summed E-state index contributed by atoms with van der Waals surface area (Å²) in [6.45, 7) is 4.24. The molecule has 0 amide bonds. The number of carbonyl (C=O) groups excluding carboxylic acids is 1. The second kappa shape index (κ2) is 5.61. The summed E-state index contributed by atoms with van der Waals surface area (Å²) < 4.78 is 5.73. The number of methoxy groups -OCH3 is 1. The van der Waals surface area contributed by atoms with E-state index in [1.165, 1.54) is 7.11 Å². The molecule has 5 heteroatoms. The van der Waals surface area contributed by atoms with Crippen LogP contribution in [0.5, 0.6) is 0 Å². The fourth-order valence-corrected chi connectivity index (χ4v) is 2.27. The highest BCUT2D eigenvalue weighted by Crippen LogP contribution is 2.28. The zero-order valence-corrected chi connectivity index (χ0v) is 12.7. The molecule has 2 N–H and O–H groups in total. The van der Waals surface area contributed by atoms with Crippen molar-refractivity contribution in [3.63, 3.8) is 0 Å². The molecule has 0 bridgehead atoms. The standard InChI is InChI=1S/C13H19BrN2O2/c1-13(2,12(17)18-4)8-16(3)11-6-5-9(14)7-10(11)15/h5-7H,8,15H2,1-4H3. The van der Waals surface area contributed by atoms with E-state index in [2.05, 4.69) is 15.9 Å². The Kier molecular flexibility index (Phi) is 4.62. The molecule has 0 heterocycles. The lowest BCUT2D eigenvalue weighted by molar-refractivity contribution is -0.150. The third-order valence-corrected chi connectivity index (χ3v) is 3.26. The monoisotopic (exact) mass is 314 g/mol. The van der Waals surface area contributed by atoms with Crippen molar-refractivity contribution in [1.29, 1.82) is 0 Å². The SMILES string of the molecule is COC(=O)C(C)(C)CN(C)c1ccc(Br)cc1N. The van der Waals surface area contributed by atoms with Crippen molar-refractivity contribution in [2.75, 3.05) is 31.3 Å². The molecule has 0 saturated heterocycles. The lowest BCUT2D eigenvalue weighted by Crippen LogP contribution is -2.38. The molecule has 1 rings (SSSR count). The van der Waals surface area contributed by atoms with Crippen molar-refractivity contribution in [1.82, 2.24) is 0 Å². The predicted octanol–water partition coefficient (Wildman–Crippen LogP) is 2.67. The number of anilines is 2. The summed E-state index contributed by atoms with van der Waals surface area (Å²) in [6.07, 6.45) is 0. The van der Waals surface area contributed by atoms with Gasteiger partial charge in [0.15, 0.2) is 0 Å². The first-order valence-electron chi connectivity index (χ1n) is 5.62. The minimum atomic E-state index is -0.580. The zero-order valence-electron chi connectivity index (χ0n) is 11.2. The number of ether oxygens (including phenoxy) is 1. The van der Waals surface area contributed by atoms with E-state index < -0.39 is 5.41 Å². The third kappa shape index (κ3) is 3.38. The van der Waals surface area contributed by atoms with E-state index in [1.54, 1.807) is 0 Å². The second-order valence-corrected chi connectivity index (χ2v) is 5.85. The summed E-state index contributed by atoms with van der Waals surface area (Å²) in [4.78, 5) is 13.6. The van der Waals surface area contributed by atoms with Crippen LogP contribution in [0, 0.1) is 5.41 Å². The van der Waals surface area contributed by atoms with Gasteiger partial charge in [-0.2, -0.15) is 0 Å². The van der Waals surface area contributed by atoms with Gasteiger partial charge in [0.1, 0.15) is 0 Å². The number of hydrogen-bond acceptors (Lipinski definition) is 4. The van der Waals surface area contributed by atoms with E-state index >= 15 is 0 Å². The van der Waals surface area contributed by atoms with Gasteiger partial charge in [-0.3, -0.25) is 4.79 Å². The molecule has 0 radical (unpaired) electrons. The number of nitrogen functional groups attached to an aromatic ring is 1. The molecule has 0 aliphatic carbocycles. The lowest BCUT2D eigenvalue weighted by Gasteiger charge is -2.30. The van der Waals surface area contributed by atoms with Crippen LogP contribution < -0.4 is 10.6 Å². The van der Waals surface area contributed by atoms with Gasteiger partial charge in [0, 0.05) is 18.1 Å². The van der Waals surface area contributed by atoms with Crippen molar-refractivity contribution >= 4 is 33.3 Å². The smallest absolute Gasteiger partial charge is 0.313 e. The number of nitrogens with zero attached hydrogens (tertiary/aromatic N) is 1. The number of hydrogen-bond donors (Lipinski definition) is 1. The average Bonchev–Trinajstić information content (AvgIpc) is 2.26. The Morgan fingerprint density at radius 2 is 2.11 bits per heavy atom. The maximum atomic E-state index is 11.7. The molecule has 0 unspecified atom stereocenters. The van der Waals surface area contributed by atoms with Crippen molar-refractivity contribution in [3.8, 4) is 0 Å². The van der Waals surface area contributed by atoms with Crippen molar-refractivity contribution in [2.24, 2.45) is 5.41 Å². The lowest BCUT2D eigenvalue weighted by atomic mass is 9.93. The van der Waals surface area contributed by atoms with Crippen LogP contribution in [0.15, 0.2) is 22.7 Å². The van der Waals surface area contributed by atoms with Gasteiger partial charge < -0.3 is 15.4 Å². The molecule has 0 aliphatic heterocycles. The first-order valence-corrected chi connectivity index (χ1v) is 6.42. The number of benzene rings is 1. The van der Waals surface area contributed by atoms with Crippen molar-refractivity contribution in [2.45, 2.75) is 13.8 Å².